The monoisotopic (exact) mass is 496 g/mol. The molecule has 0 aromatic heterocycles. The molecule has 8 heteroatoms. The lowest BCUT2D eigenvalue weighted by molar-refractivity contribution is -0.138. The number of rotatable bonds is 6. The van der Waals surface area contributed by atoms with Crippen molar-refractivity contribution in [3.8, 4) is 5.75 Å². The highest BCUT2D eigenvalue weighted by Crippen LogP contribution is 2.51. The molecule has 5 rings (SSSR count). The number of hydrogen-bond donors (Lipinski definition) is 1. The molecule has 2 amide bonds. The fourth-order valence-electron chi connectivity index (χ4n) is 6.02. The van der Waals surface area contributed by atoms with Gasteiger partial charge in [-0.3, -0.25) is 19.4 Å². The van der Waals surface area contributed by atoms with Gasteiger partial charge in [0.1, 0.15) is 5.75 Å². The summed E-state index contributed by atoms with van der Waals surface area (Å²) >= 11 is 6.47. The number of ether oxygens (including phenoxy) is 1. The molecule has 1 N–H and O–H groups in total. The molecule has 3 aliphatic rings. The molecule has 186 valence electrons. The van der Waals surface area contributed by atoms with E-state index in [1.165, 1.54) is 12.8 Å². The Bertz CT molecular complexity index is 1150. The van der Waals surface area contributed by atoms with Crippen LogP contribution >= 0.6 is 11.6 Å². The maximum atomic E-state index is 14.0. The first kappa shape index (κ1) is 24.1. The normalized spacial score (nSPS) is 24.5. The van der Waals surface area contributed by atoms with Gasteiger partial charge in [0.2, 0.25) is 5.91 Å². The van der Waals surface area contributed by atoms with Crippen molar-refractivity contribution in [2.45, 2.75) is 43.8 Å². The molecule has 3 heterocycles. The summed E-state index contributed by atoms with van der Waals surface area (Å²) in [5, 5.41) is 3.62. The van der Waals surface area contributed by atoms with Crippen molar-refractivity contribution < 1.29 is 14.3 Å². The molecule has 2 aromatic carbocycles. The minimum atomic E-state index is -1.22. The van der Waals surface area contributed by atoms with Crippen LogP contribution in [0.5, 0.6) is 5.75 Å². The fraction of sp³-hybridized carbons (Fsp3) is 0.481. The van der Waals surface area contributed by atoms with Crippen LogP contribution in [0.3, 0.4) is 0 Å². The second-order valence-electron chi connectivity index (χ2n) is 9.96. The van der Waals surface area contributed by atoms with E-state index in [1.54, 1.807) is 32.2 Å². The Kier molecular flexibility index (Phi) is 6.51. The van der Waals surface area contributed by atoms with Gasteiger partial charge in [0.05, 0.1) is 13.2 Å². The Hall–Kier alpha value is -2.61. The van der Waals surface area contributed by atoms with E-state index in [-0.39, 0.29) is 11.8 Å². The topological polar surface area (TPSA) is 65.1 Å². The van der Waals surface area contributed by atoms with Gasteiger partial charge in [-0.15, -0.1) is 0 Å². The van der Waals surface area contributed by atoms with Crippen molar-refractivity contribution in [3.63, 3.8) is 0 Å². The fourth-order valence-corrected chi connectivity index (χ4v) is 6.19. The number of likely N-dealkylation sites (N-methyl/N-ethyl adjacent to an activating group) is 1. The number of halogens is 1. The third kappa shape index (κ3) is 3.99. The Balaban J connectivity index is 1.68. The zero-order valence-electron chi connectivity index (χ0n) is 20.6. The van der Waals surface area contributed by atoms with Crippen LogP contribution in [0.1, 0.15) is 42.4 Å². The van der Waals surface area contributed by atoms with Crippen LogP contribution in [0.25, 0.3) is 0 Å². The number of anilines is 1. The lowest BCUT2D eigenvalue weighted by atomic mass is 9.80. The molecule has 2 saturated heterocycles. The Morgan fingerprint density at radius 1 is 1.11 bits per heavy atom. The van der Waals surface area contributed by atoms with Gasteiger partial charge in [-0.25, -0.2) is 0 Å². The number of likely N-dealkylation sites (tertiary alicyclic amines) is 2. The molecular weight excluding hydrogens is 464 g/mol. The first-order valence-corrected chi connectivity index (χ1v) is 12.7. The molecule has 35 heavy (non-hydrogen) atoms. The van der Waals surface area contributed by atoms with E-state index in [0.717, 1.165) is 42.7 Å². The highest BCUT2D eigenvalue weighted by Gasteiger charge is 2.58. The zero-order valence-corrected chi connectivity index (χ0v) is 21.4. The maximum Gasteiger partial charge on any atom is 0.254 e. The first-order valence-electron chi connectivity index (χ1n) is 12.4. The average molecular weight is 497 g/mol. The van der Waals surface area contributed by atoms with Crippen LogP contribution in [-0.4, -0.2) is 73.4 Å². The molecule has 0 aliphatic carbocycles. The minimum absolute atomic E-state index is 0.00484. The SMILES string of the molecule is COc1cc(CN2CCCC2)ccc1[C@]1(N2CCCC2C(=O)N(C)C)C(=O)Nc2ccc(Cl)cc21. The predicted octanol–water partition coefficient (Wildman–Crippen LogP) is 3.69. The smallest absolute Gasteiger partial charge is 0.254 e. The quantitative estimate of drug-likeness (QED) is 0.660. The summed E-state index contributed by atoms with van der Waals surface area (Å²) in [7, 11) is 5.17. The number of nitrogens with one attached hydrogen (secondary N) is 1. The minimum Gasteiger partial charge on any atom is -0.496 e. The molecule has 0 spiro atoms. The largest absolute Gasteiger partial charge is 0.496 e. The molecule has 0 saturated carbocycles. The Morgan fingerprint density at radius 3 is 2.60 bits per heavy atom. The molecule has 0 radical (unpaired) electrons. The van der Waals surface area contributed by atoms with Gasteiger partial charge in [-0.2, -0.15) is 0 Å². The van der Waals surface area contributed by atoms with Crippen LogP contribution in [0, 0.1) is 0 Å². The van der Waals surface area contributed by atoms with Crippen LogP contribution in [0.15, 0.2) is 36.4 Å². The lowest BCUT2D eigenvalue weighted by Gasteiger charge is -2.41. The number of hydrogen-bond acceptors (Lipinski definition) is 5. The van der Waals surface area contributed by atoms with Crippen LogP contribution in [-0.2, 0) is 21.7 Å². The molecule has 1 unspecified atom stereocenters. The summed E-state index contributed by atoms with van der Waals surface area (Å²) in [5.74, 6) is 0.459. The third-order valence-corrected chi connectivity index (χ3v) is 7.85. The first-order chi connectivity index (χ1) is 16.9. The van der Waals surface area contributed by atoms with Crippen molar-refractivity contribution >= 4 is 29.1 Å². The number of carbonyl (C=O) groups is 2. The van der Waals surface area contributed by atoms with Crippen molar-refractivity contribution in [2.75, 3.05) is 46.2 Å². The van der Waals surface area contributed by atoms with Gasteiger partial charge in [0, 0.05) is 49.0 Å². The number of nitrogens with zero attached hydrogens (tertiary/aromatic N) is 3. The van der Waals surface area contributed by atoms with E-state index in [2.05, 4.69) is 21.2 Å². The van der Waals surface area contributed by atoms with Crippen LogP contribution < -0.4 is 10.1 Å². The Morgan fingerprint density at radius 2 is 1.89 bits per heavy atom. The van der Waals surface area contributed by atoms with E-state index in [4.69, 9.17) is 16.3 Å². The Labute approximate surface area is 212 Å². The number of amides is 2. The predicted molar refractivity (Wildman–Crippen MR) is 137 cm³/mol. The van der Waals surface area contributed by atoms with E-state index < -0.39 is 11.6 Å². The molecule has 0 bridgehead atoms. The van der Waals surface area contributed by atoms with Gasteiger partial charge in [0.25, 0.3) is 5.91 Å². The van der Waals surface area contributed by atoms with Gasteiger partial charge in [-0.1, -0.05) is 23.7 Å². The molecule has 2 aromatic rings. The zero-order chi connectivity index (χ0) is 24.7. The van der Waals surface area contributed by atoms with E-state index in [1.807, 2.05) is 24.3 Å². The van der Waals surface area contributed by atoms with Gasteiger partial charge in [-0.05, 0) is 68.6 Å². The summed E-state index contributed by atoms with van der Waals surface area (Å²) in [6, 6.07) is 11.2. The summed E-state index contributed by atoms with van der Waals surface area (Å²) in [4.78, 5) is 33.4. The van der Waals surface area contributed by atoms with Crippen LogP contribution in [0.2, 0.25) is 5.02 Å². The van der Waals surface area contributed by atoms with E-state index in [0.29, 0.717) is 29.4 Å². The van der Waals surface area contributed by atoms with E-state index >= 15 is 0 Å². The lowest BCUT2D eigenvalue weighted by Crippen LogP contribution is -2.57. The second kappa shape index (κ2) is 9.45. The number of methoxy groups -OCH3 is 1. The summed E-state index contributed by atoms with van der Waals surface area (Å²) < 4.78 is 5.93. The second-order valence-corrected chi connectivity index (χ2v) is 10.4. The highest BCUT2D eigenvalue weighted by atomic mass is 35.5. The van der Waals surface area contributed by atoms with Gasteiger partial charge < -0.3 is 15.0 Å². The summed E-state index contributed by atoms with van der Waals surface area (Å²) in [5.41, 5.74) is 2.14. The number of carbonyl (C=O) groups excluding carboxylic acids is 2. The van der Waals surface area contributed by atoms with Crippen LogP contribution in [0.4, 0.5) is 5.69 Å². The molecule has 2 atom stereocenters. The molecule has 3 aliphatic heterocycles. The maximum absolute atomic E-state index is 14.0. The van der Waals surface area contributed by atoms with Crippen molar-refractivity contribution in [2.24, 2.45) is 0 Å². The van der Waals surface area contributed by atoms with Gasteiger partial charge in [0.15, 0.2) is 5.54 Å². The highest BCUT2D eigenvalue weighted by molar-refractivity contribution is 6.31. The average Bonchev–Trinajstić information content (AvgIpc) is 3.58. The molecular formula is C27H33ClN4O3. The molecule has 7 nitrogen and oxygen atoms in total. The van der Waals surface area contributed by atoms with E-state index in [9.17, 15) is 9.59 Å². The number of fused-ring (bicyclic) bond motifs is 1. The van der Waals surface area contributed by atoms with Gasteiger partial charge >= 0.3 is 0 Å². The third-order valence-electron chi connectivity index (χ3n) is 7.62. The standard InChI is InChI=1S/C27H33ClN4O3/c1-30(2)25(33)23-7-6-14-32(23)27(21-16-19(28)9-11-22(21)29-26(27)34)20-10-8-18(15-24(20)35-3)17-31-12-4-5-13-31/h8-11,15-16,23H,4-7,12-14,17H2,1-3H3,(H,29,34)/t23?,27-/m1/s1. The van der Waals surface area contributed by atoms with Crippen molar-refractivity contribution in [1.29, 1.82) is 0 Å². The summed E-state index contributed by atoms with van der Waals surface area (Å²) in [6.07, 6.45) is 3.97. The van der Waals surface area contributed by atoms with Crippen molar-refractivity contribution in [3.05, 3.63) is 58.1 Å². The van der Waals surface area contributed by atoms with Crippen molar-refractivity contribution in [1.82, 2.24) is 14.7 Å². The number of benzene rings is 2. The summed E-state index contributed by atoms with van der Waals surface area (Å²) in [6.45, 7) is 3.67. The molecule has 2 fully saturated rings.